The largest absolute Gasteiger partial charge is 0.481 e. The summed E-state index contributed by atoms with van der Waals surface area (Å²) in [5.74, 6) is 1.72. The Hall–Kier alpha value is -1.33. The second-order valence-electron chi connectivity index (χ2n) is 5.80. The Labute approximate surface area is 120 Å². The van der Waals surface area contributed by atoms with Crippen molar-refractivity contribution in [3.8, 4) is 5.88 Å². The monoisotopic (exact) mass is 276 g/mol. The number of hydrogen-bond acceptors (Lipinski definition) is 5. The van der Waals surface area contributed by atoms with Crippen molar-refractivity contribution >= 4 is 5.82 Å². The number of anilines is 1. The number of ether oxygens (including phenoxy) is 1. The molecule has 2 aliphatic rings. The molecule has 0 aromatic carbocycles. The fraction of sp³-hybridized carbons (Fsp3) is 0.667. The van der Waals surface area contributed by atoms with Gasteiger partial charge in [-0.05, 0) is 38.4 Å². The number of nitrogens with two attached hydrogens (primary N) is 1. The Morgan fingerprint density at radius 1 is 1.20 bits per heavy atom. The van der Waals surface area contributed by atoms with E-state index in [2.05, 4.69) is 20.9 Å². The SMILES string of the molecule is COc1cccc(N2CCC(N3CCC(N)CC3)C2)n1. The van der Waals surface area contributed by atoms with E-state index in [1.807, 2.05) is 12.1 Å². The molecule has 0 amide bonds. The van der Waals surface area contributed by atoms with Gasteiger partial charge in [-0.3, -0.25) is 4.90 Å². The summed E-state index contributed by atoms with van der Waals surface area (Å²) in [6.07, 6.45) is 3.48. The molecule has 0 saturated carbocycles. The van der Waals surface area contributed by atoms with E-state index in [0.717, 1.165) is 44.8 Å². The van der Waals surface area contributed by atoms with Crippen molar-refractivity contribution in [2.45, 2.75) is 31.3 Å². The number of nitrogens with zero attached hydrogens (tertiary/aromatic N) is 3. The number of methoxy groups -OCH3 is 1. The highest BCUT2D eigenvalue weighted by molar-refractivity contribution is 5.42. The lowest BCUT2D eigenvalue weighted by atomic mass is 10.0. The molecule has 0 bridgehead atoms. The second-order valence-corrected chi connectivity index (χ2v) is 5.80. The van der Waals surface area contributed by atoms with E-state index in [-0.39, 0.29) is 0 Å². The van der Waals surface area contributed by atoms with Crippen LogP contribution in [0.25, 0.3) is 0 Å². The van der Waals surface area contributed by atoms with Crippen LogP contribution in [-0.4, -0.2) is 55.3 Å². The van der Waals surface area contributed by atoms with Gasteiger partial charge < -0.3 is 15.4 Å². The Bertz CT molecular complexity index is 445. The number of piperidine rings is 1. The van der Waals surface area contributed by atoms with Gasteiger partial charge in [0.2, 0.25) is 5.88 Å². The maximum Gasteiger partial charge on any atom is 0.214 e. The van der Waals surface area contributed by atoms with Crippen LogP contribution in [0.5, 0.6) is 5.88 Å². The number of likely N-dealkylation sites (tertiary alicyclic amines) is 1. The molecule has 2 saturated heterocycles. The third-order valence-electron chi connectivity index (χ3n) is 4.50. The zero-order valence-corrected chi connectivity index (χ0v) is 12.2. The summed E-state index contributed by atoms with van der Waals surface area (Å²) in [6.45, 7) is 4.43. The summed E-state index contributed by atoms with van der Waals surface area (Å²) >= 11 is 0. The molecule has 110 valence electrons. The number of aromatic nitrogens is 1. The van der Waals surface area contributed by atoms with Crippen LogP contribution in [0.15, 0.2) is 18.2 Å². The van der Waals surface area contributed by atoms with Crippen molar-refractivity contribution < 1.29 is 4.74 Å². The third kappa shape index (κ3) is 2.88. The molecule has 0 spiro atoms. The number of pyridine rings is 1. The summed E-state index contributed by atoms with van der Waals surface area (Å²) in [7, 11) is 1.66. The van der Waals surface area contributed by atoms with Gasteiger partial charge >= 0.3 is 0 Å². The lowest BCUT2D eigenvalue weighted by molar-refractivity contribution is 0.163. The molecule has 2 N–H and O–H groups in total. The van der Waals surface area contributed by atoms with E-state index >= 15 is 0 Å². The van der Waals surface area contributed by atoms with E-state index in [1.165, 1.54) is 6.42 Å². The molecule has 1 unspecified atom stereocenters. The first-order chi connectivity index (χ1) is 9.76. The number of hydrogen-bond donors (Lipinski definition) is 1. The van der Waals surface area contributed by atoms with Crippen molar-refractivity contribution in [3.63, 3.8) is 0 Å². The average Bonchev–Trinajstić information content (AvgIpc) is 2.98. The van der Waals surface area contributed by atoms with Gasteiger partial charge in [-0.15, -0.1) is 0 Å². The maximum atomic E-state index is 5.98. The Kier molecular flexibility index (Phi) is 4.08. The standard InChI is InChI=1S/C15H24N4O/c1-20-15-4-2-3-14(17-15)19-10-7-13(11-19)18-8-5-12(16)6-9-18/h2-4,12-13H,5-11,16H2,1H3. The van der Waals surface area contributed by atoms with Crippen LogP contribution in [0.1, 0.15) is 19.3 Å². The van der Waals surface area contributed by atoms with Gasteiger partial charge in [0.1, 0.15) is 5.82 Å². The van der Waals surface area contributed by atoms with Crippen molar-refractivity contribution in [1.82, 2.24) is 9.88 Å². The first kappa shape index (κ1) is 13.6. The summed E-state index contributed by atoms with van der Waals surface area (Å²) < 4.78 is 5.21. The molecule has 0 aliphatic carbocycles. The van der Waals surface area contributed by atoms with Gasteiger partial charge in [-0.25, -0.2) is 0 Å². The van der Waals surface area contributed by atoms with Gasteiger partial charge in [0.05, 0.1) is 7.11 Å². The highest BCUT2D eigenvalue weighted by Gasteiger charge is 2.30. The van der Waals surface area contributed by atoms with Crippen LogP contribution in [0.4, 0.5) is 5.82 Å². The summed E-state index contributed by atoms with van der Waals surface area (Å²) in [5.41, 5.74) is 5.98. The molecule has 2 fully saturated rings. The third-order valence-corrected chi connectivity index (χ3v) is 4.50. The Morgan fingerprint density at radius 2 is 2.00 bits per heavy atom. The highest BCUT2D eigenvalue weighted by Crippen LogP contribution is 2.24. The van der Waals surface area contributed by atoms with E-state index in [4.69, 9.17) is 10.5 Å². The lowest BCUT2D eigenvalue weighted by Crippen LogP contribution is -2.46. The first-order valence-corrected chi connectivity index (χ1v) is 7.52. The van der Waals surface area contributed by atoms with Gasteiger partial charge in [0.25, 0.3) is 0 Å². The van der Waals surface area contributed by atoms with Gasteiger partial charge in [0.15, 0.2) is 0 Å². The minimum Gasteiger partial charge on any atom is -0.481 e. The average molecular weight is 276 g/mol. The highest BCUT2D eigenvalue weighted by atomic mass is 16.5. The van der Waals surface area contributed by atoms with E-state index in [0.29, 0.717) is 18.0 Å². The minimum absolute atomic E-state index is 0.406. The molecule has 20 heavy (non-hydrogen) atoms. The van der Waals surface area contributed by atoms with Crippen molar-refractivity contribution in [1.29, 1.82) is 0 Å². The van der Waals surface area contributed by atoms with Crippen LogP contribution in [0, 0.1) is 0 Å². The van der Waals surface area contributed by atoms with Crippen LogP contribution in [0.2, 0.25) is 0 Å². The predicted molar refractivity (Wildman–Crippen MR) is 80.2 cm³/mol. The fourth-order valence-corrected chi connectivity index (χ4v) is 3.23. The molecule has 3 rings (SSSR count). The van der Waals surface area contributed by atoms with Crippen LogP contribution >= 0.6 is 0 Å². The summed E-state index contributed by atoms with van der Waals surface area (Å²) in [5, 5.41) is 0. The van der Waals surface area contributed by atoms with E-state index in [9.17, 15) is 0 Å². The van der Waals surface area contributed by atoms with Gasteiger partial charge in [-0.1, -0.05) is 6.07 Å². The summed E-state index contributed by atoms with van der Waals surface area (Å²) in [4.78, 5) is 9.49. The summed E-state index contributed by atoms with van der Waals surface area (Å²) in [6, 6.07) is 7.02. The first-order valence-electron chi connectivity index (χ1n) is 7.52. The molecule has 1 aromatic rings. The molecule has 2 aliphatic heterocycles. The molecule has 3 heterocycles. The fourth-order valence-electron chi connectivity index (χ4n) is 3.23. The second kappa shape index (κ2) is 5.97. The molecular weight excluding hydrogens is 252 g/mol. The van der Waals surface area contributed by atoms with Crippen LogP contribution in [-0.2, 0) is 0 Å². The van der Waals surface area contributed by atoms with Crippen LogP contribution < -0.4 is 15.4 Å². The smallest absolute Gasteiger partial charge is 0.214 e. The van der Waals surface area contributed by atoms with Crippen molar-refractivity contribution in [2.75, 3.05) is 38.2 Å². The minimum atomic E-state index is 0.406. The topological polar surface area (TPSA) is 54.6 Å². The predicted octanol–water partition coefficient (Wildman–Crippen LogP) is 1.09. The van der Waals surface area contributed by atoms with Crippen molar-refractivity contribution in [3.05, 3.63) is 18.2 Å². The zero-order chi connectivity index (χ0) is 13.9. The quantitative estimate of drug-likeness (QED) is 0.895. The molecule has 1 aromatic heterocycles. The van der Waals surface area contributed by atoms with Crippen molar-refractivity contribution in [2.24, 2.45) is 5.73 Å². The van der Waals surface area contributed by atoms with E-state index in [1.54, 1.807) is 7.11 Å². The molecule has 1 atom stereocenters. The Morgan fingerprint density at radius 3 is 2.75 bits per heavy atom. The normalized spacial score (nSPS) is 25.1. The molecular formula is C15H24N4O. The van der Waals surface area contributed by atoms with E-state index < -0.39 is 0 Å². The number of rotatable bonds is 3. The molecule has 5 nitrogen and oxygen atoms in total. The zero-order valence-electron chi connectivity index (χ0n) is 12.2. The molecule has 5 heteroatoms. The van der Waals surface area contributed by atoms with Crippen LogP contribution in [0.3, 0.4) is 0 Å². The van der Waals surface area contributed by atoms with Gasteiger partial charge in [-0.2, -0.15) is 4.98 Å². The molecule has 0 radical (unpaired) electrons. The van der Waals surface area contributed by atoms with Gasteiger partial charge in [0, 0.05) is 31.2 Å². The Balaban J connectivity index is 1.61. The maximum absolute atomic E-state index is 5.98. The lowest BCUT2D eigenvalue weighted by Gasteiger charge is -2.34.